The van der Waals surface area contributed by atoms with Crippen LogP contribution < -0.4 is 4.74 Å². The Morgan fingerprint density at radius 2 is 2.08 bits per heavy atom. The van der Waals surface area contributed by atoms with Gasteiger partial charge in [-0.05, 0) is 44.5 Å². The van der Waals surface area contributed by atoms with Crippen LogP contribution in [-0.2, 0) is 4.74 Å². The van der Waals surface area contributed by atoms with E-state index in [4.69, 9.17) is 14.0 Å². The molecule has 0 radical (unpaired) electrons. The number of nitrogens with zero attached hydrogens (tertiary/aromatic N) is 3. The molecule has 0 bridgehead atoms. The molecule has 136 valence electrons. The van der Waals surface area contributed by atoms with Crippen LogP contribution in [0.25, 0.3) is 11.5 Å². The number of methoxy groups -OCH3 is 1. The van der Waals surface area contributed by atoms with E-state index in [0.717, 1.165) is 24.4 Å². The van der Waals surface area contributed by atoms with Crippen LogP contribution in [0.2, 0.25) is 0 Å². The van der Waals surface area contributed by atoms with Crippen LogP contribution >= 0.6 is 0 Å². The van der Waals surface area contributed by atoms with Crippen LogP contribution in [0, 0.1) is 0 Å². The summed E-state index contributed by atoms with van der Waals surface area (Å²) in [5.41, 5.74) is 0.177. The van der Waals surface area contributed by atoms with Crippen molar-refractivity contribution in [3.63, 3.8) is 0 Å². The van der Waals surface area contributed by atoms with Crippen LogP contribution in [0.15, 0.2) is 28.8 Å². The van der Waals surface area contributed by atoms with Crippen molar-refractivity contribution in [2.75, 3.05) is 33.4 Å². The molecular weight excluding hydrogens is 322 g/mol. The number of ether oxygens (including phenoxy) is 2. The maximum atomic E-state index is 9.89. The molecule has 7 nitrogen and oxygen atoms in total. The van der Waals surface area contributed by atoms with Gasteiger partial charge in [0.15, 0.2) is 0 Å². The Labute approximate surface area is 147 Å². The second-order valence-electron chi connectivity index (χ2n) is 6.91. The molecule has 1 N–H and O–H groups in total. The zero-order valence-corrected chi connectivity index (χ0v) is 14.9. The Kier molecular flexibility index (Phi) is 5.36. The molecule has 1 aromatic heterocycles. The summed E-state index contributed by atoms with van der Waals surface area (Å²) in [7, 11) is 1.63. The van der Waals surface area contributed by atoms with Gasteiger partial charge in [0.1, 0.15) is 11.9 Å². The highest BCUT2D eigenvalue weighted by molar-refractivity contribution is 5.54. The lowest BCUT2D eigenvalue weighted by molar-refractivity contribution is -0.0427. The SMILES string of the molecule is COc1ccc(-c2nc([C@@H]3CN(CCC(C)(C)O)CCO3)no2)cc1. The summed E-state index contributed by atoms with van der Waals surface area (Å²) in [6, 6.07) is 7.48. The van der Waals surface area contributed by atoms with Gasteiger partial charge < -0.3 is 19.1 Å². The summed E-state index contributed by atoms with van der Waals surface area (Å²) in [5, 5.41) is 14.0. The van der Waals surface area contributed by atoms with Crippen molar-refractivity contribution >= 4 is 0 Å². The van der Waals surface area contributed by atoms with Gasteiger partial charge in [0.25, 0.3) is 5.89 Å². The predicted octanol–water partition coefficient (Wildman–Crippen LogP) is 2.28. The third-order valence-corrected chi connectivity index (χ3v) is 4.26. The number of hydrogen-bond donors (Lipinski definition) is 1. The van der Waals surface area contributed by atoms with Crippen molar-refractivity contribution in [2.45, 2.75) is 32.0 Å². The minimum absolute atomic E-state index is 0.216. The van der Waals surface area contributed by atoms with Crippen molar-refractivity contribution in [2.24, 2.45) is 0 Å². The first kappa shape index (κ1) is 17.8. The molecule has 3 rings (SSSR count). The van der Waals surface area contributed by atoms with Gasteiger partial charge in [0.05, 0.1) is 19.3 Å². The minimum atomic E-state index is -0.665. The number of morpholine rings is 1. The Balaban J connectivity index is 1.64. The van der Waals surface area contributed by atoms with Gasteiger partial charge in [-0.3, -0.25) is 4.90 Å². The highest BCUT2D eigenvalue weighted by atomic mass is 16.5. The number of aromatic nitrogens is 2. The first-order valence-corrected chi connectivity index (χ1v) is 8.49. The summed E-state index contributed by atoms with van der Waals surface area (Å²) in [6.45, 7) is 6.61. The number of aliphatic hydroxyl groups is 1. The van der Waals surface area contributed by atoms with Gasteiger partial charge in [0.2, 0.25) is 5.82 Å². The van der Waals surface area contributed by atoms with Gasteiger partial charge in [0, 0.05) is 25.2 Å². The Morgan fingerprint density at radius 1 is 1.32 bits per heavy atom. The molecule has 0 spiro atoms. The van der Waals surface area contributed by atoms with E-state index < -0.39 is 5.60 Å². The molecule has 0 amide bonds. The minimum Gasteiger partial charge on any atom is -0.497 e. The topological polar surface area (TPSA) is 80.9 Å². The van der Waals surface area contributed by atoms with Crippen molar-refractivity contribution in [3.8, 4) is 17.2 Å². The summed E-state index contributed by atoms with van der Waals surface area (Å²) in [6.07, 6.45) is 0.495. The first-order chi connectivity index (χ1) is 11.9. The fraction of sp³-hybridized carbons (Fsp3) is 0.556. The van der Waals surface area contributed by atoms with Crippen molar-refractivity contribution < 1.29 is 19.1 Å². The molecule has 25 heavy (non-hydrogen) atoms. The Hall–Kier alpha value is -1.96. The molecule has 1 fully saturated rings. The van der Waals surface area contributed by atoms with Crippen LogP contribution in [-0.4, -0.2) is 59.1 Å². The van der Waals surface area contributed by atoms with Gasteiger partial charge in [-0.1, -0.05) is 5.16 Å². The molecule has 1 atom stereocenters. The molecule has 2 aromatic rings. The maximum Gasteiger partial charge on any atom is 0.258 e. The summed E-state index contributed by atoms with van der Waals surface area (Å²) in [5.74, 6) is 1.80. The lowest BCUT2D eigenvalue weighted by atomic mass is 10.1. The molecule has 7 heteroatoms. The maximum absolute atomic E-state index is 9.89. The third kappa shape index (κ3) is 4.78. The second kappa shape index (κ2) is 7.51. The third-order valence-electron chi connectivity index (χ3n) is 4.26. The second-order valence-corrected chi connectivity index (χ2v) is 6.91. The smallest absolute Gasteiger partial charge is 0.258 e. The predicted molar refractivity (Wildman–Crippen MR) is 92.3 cm³/mol. The zero-order chi connectivity index (χ0) is 17.9. The molecule has 2 heterocycles. The van der Waals surface area contributed by atoms with Gasteiger partial charge in [-0.2, -0.15) is 4.98 Å². The molecule has 1 aliphatic heterocycles. The number of hydrogen-bond acceptors (Lipinski definition) is 7. The summed E-state index contributed by atoms with van der Waals surface area (Å²) >= 11 is 0. The fourth-order valence-corrected chi connectivity index (χ4v) is 2.71. The average molecular weight is 347 g/mol. The van der Waals surface area contributed by atoms with E-state index in [1.54, 1.807) is 7.11 Å². The van der Waals surface area contributed by atoms with Gasteiger partial charge in [-0.15, -0.1) is 0 Å². The average Bonchev–Trinajstić information content (AvgIpc) is 3.10. The molecule has 0 saturated carbocycles. The highest BCUT2D eigenvalue weighted by Gasteiger charge is 2.27. The van der Waals surface area contributed by atoms with E-state index in [9.17, 15) is 5.11 Å². The molecule has 0 aliphatic carbocycles. The van der Waals surface area contributed by atoms with E-state index in [-0.39, 0.29) is 6.10 Å². The van der Waals surface area contributed by atoms with Crippen molar-refractivity contribution in [3.05, 3.63) is 30.1 Å². The van der Waals surface area contributed by atoms with Crippen LogP contribution in [0.5, 0.6) is 5.75 Å². The zero-order valence-electron chi connectivity index (χ0n) is 14.9. The van der Waals surface area contributed by atoms with E-state index in [0.29, 0.717) is 31.3 Å². The quantitative estimate of drug-likeness (QED) is 0.858. The van der Waals surface area contributed by atoms with E-state index >= 15 is 0 Å². The molecule has 1 saturated heterocycles. The summed E-state index contributed by atoms with van der Waals surface area (Å²) in [4.78, 5) is 6.74. The Morgan fingerprint density at radius 3 is 2.76 bits per heavy atom. The monoisotopic (exact) mass is 347 g/mol. The van der Waals surface area contributed by atoms with Crippen LogP contribution in [0.4, 0.5) is 0 Å². The van der Waals surface area contributed by atoms with E-state index in [1.807, 2.05) is 38.1 Å². The molecule has 1 aromatic carbocycles. The molecule has 1 aliphatic rings. The van der Waals surface area contributed by atoms with Crippen molar-refractivity contribution in [1.29, 1.82) is 0 Å². The molecule has 0 unspecified atom stereocenters. The van der Waals surface area contributed by atoms with Crippen molar-refractivity contribution in [1.82, 2.24) is 15.0 Å². The van der Waals surface area contributed by atoms with Gasteiger partial charge >= 0.3 is 0 Å². The number of benzene rings is 1. The normalized spacial score (nSPS) is 19.1. The lowest BCUT2D eigenvalue weighted by Gasteiger charge is -2.32. The standard InChI is InChI=1S/C18H25N3O4/c1-18(2,22)8-9-21-10-11-24-15(12-21)16-19-17(25-20-16)13-4-6-14(23-3)7-5-13/h4-7,15,22H,8-12H2,1-3H3/t15-/m0/s1. The fourth-order valence-electron chi connectivity index (χ4n) is 2.71. The largest absolute Gasteiger partial charge is 0.497 e. The van der Waals surface area contributed by atoms with E-state index in [2.05, 4.69) is 15.0 Å². The first-order valence-electron chi connectivity index (χ1n) is 8.49. The molecular formula is C18H25N3O4. The van der Waals surface area contributed by atoms with E-state index in [1.165, 1.54) is 0 Å². The van der Waals surface area contributed by atoms with Crippen LogP contribution in [0.1, 0.15) is 32.2 Å². The Bertz CT molecular complexity index is 678. The van der Waals surface area contributed by atoms with Gasteiger partial charge in [-0.25, -0.2) is 0 Å². The highest BCUT2D eigenvalue weighted by Crippen LogP contribution is 2.25. The lowest BCUT2D eigenvalue weighted by Crippen LogP contribution is -2.41. The number of rotatable bonds is 6. The van der Waals surface area contributed by atoms with Crippen LogP contribution in [0.3, 0.4) is 0 Å². The summed E-state index contributed by atoms with van der Waals surface area (Å²) < 4.78 is 16.3.